The molecular weight excluding hydrogens is 266 g/mol. The molecule has 2 rings (SSSR count). The van der Waals surface area contributed by atoms with E-state index in [2.05, 4.69) is 5.32 Å². The van der Waals surface area contributed by atoms with Gasteiger partial charge >= 0.3 is 0 Å². The van der Waals surface area contributed by atoms with Crippen molar-refractivity contribution in [1.29, 1.82) is 0 Å². The summed E-state index contributed by atoms with van der Waals surface area (Å²) in [6.45, 7) is 6.15. The number of ether oxygens (including phenoxy) is 3. The average Bonchev–Trinajstić information content (AvgIpc) is 3.26. The fraction of sp³-hybridized carbons (Fsp3) is 0.647. The summed E-state index contributed by atoms with van der Waals surface area (Å²) in [6.07, 6.45) is 3.68. The van der Waals surface area contributed by atoms with E-state index < -0.39 is 0 Å². The van der Waals surface area contributed by atoms with Crippen LogP contribution in [0.3, 0.4) is 0 Å². The molecule has 1 aromatic carbocycles. The lowest BCUT2D eigenvalue weighted by Gasteiger charge is -2.17. The minimum atomic E-state index is 0.439. The Hall–Kier alpha value is -1.26. The third-order valence-corrected chi connectivity index (χ3v) is 3.98. The Kier molecular flexibility index (Phi) is 6.33. The smallest absolute Gasteiger partial charge is 0.161 e. The normalized spacial score (nSPS) is 15.7. The largest absolute Gasteiger partial charge is 0.490 e. The molecule has 1 fully saturated rings. The molecule has 4 nitrogen and oxygen atoms in total. The zero-order valence-corrected chi connectivity index (χ0v) is 13.2. The molecule has 0 saturated heterocycles. The number of methoxy groups -OCH3 is 1. The molecule has 0 spiro atoms. The molecule has 0 bridgehead atoms. The van der Waals surface area contributed by atoms with Gasteiger partial charge in [-0.3, -0.25) is 0 Å². The van der Waals surface area contributed by atoms with Gasteiger partial charge < -0.3 is 19.5 Å². The van der Waals surface area contributed by atoms with Gasteiger partial charge in [0.1, 0.15) is 0 Å². The summed E-state index contributed by atoms with van der Waals surface area (Å²) in [6, 6.07) is 7.89. The Morgan fingerprint density at radius 1 is 1.10 bits per heavy atom. The first-order valence-corrected chi connectivity index (χ1v) is 7.84. The van der Waals surface area contributed by atoms with Crippen molar-refractivity contribution in [3.63, 3.8) is 0 Å². The molecule has 1 saturated carbocycles. The first-order valence-electron chi connectivity index (χ1n) is 7.84. The van der Waals surface area contributed by atoms with Crippen molar-refractivity contribution >= 4 is 0 Å². The van der Waals surface area contributed by atoms with Crippen LogP contribution in [-0.2, 0) is 4.74 Å². The molecule has 0 amide bonds. The van der Waals surface area contributed by atoms with E-state index in [1.165, 1.54) is 12.8 Å². The van der Waals surface area contributed by atoms with Gasteiger partial charge in [-0.2, -0.15) is 0 Å². The van der Waals surface area contributed by atoms with Crippen molar-refractivity contribution in [3.05, 3.63) is 24.3 Å². The fourth-order valence-electron chi connectivity index (χ4n) is 2.44. The third kappa shape index (κ3) is 5.21. The van der Waals surface area contributed by atoms with Crippen molar-refractivity contribution in [3.8, 4) is 11.5 Å². The van der Waals surface area contributed by atoms with E-state index >= 15 is 0 Å². The molecule has 0 radical (unpaired) electrons. The average molecular weight is 293 g/mol. The molecule has 0 heterocycles. The first kappa shape index (κ1) is 16.1. The SMILES string of the molecule is CCOc1ccccc1OCCC1(CNCCOC)CC1. The summed E-state index contributed by atoms with van der Waals surface area (Å²) in [7, 11) is 1.73. The van der Waals surface area contributed by atoms with Gasteiger partial charge in [0.25, 0.3) is 0 Å². The van der Waals surface area contributed by atoms with Crippen LogP contribution in [0.1, 0.15) is 26.2 Å². The highest BCUT2D eigenvalue weighted by Crippen LogP contribution is 2.48. The summed E-state index contributed by atoms with van der Waals surface area (Å²) < 4.78 is 16.5. The number of hydrogen-bond acceptors (Lipinski definition) is 4. The van der Waals surface area contributed by atoms with Crippen LogP contribution in [0.2, 0.25) is 0 Å². The molecular formula is C17H27NO3. The molecule has 118 valence electrons. The predicted octanol–water partition coefficient (Wildman–Crippen LogP) is 2.87. The second-order valence-corrected chi connectivity index (χ2v) is 5.65. The summed E-state index contributed by atoms with van der Waals surface area (Å²) in [4.78, 5) is 0. The van der Waals surface area contributed by atoms with Crippen molar-refractivity contribution in [2.75, 3.05) is 40.0 Å². The number of para-hydroxylation sites is 2. The maximum Gasteiger partial charge on any atom is 0.161 e. The van der Waals surface area contributed by atoms with E-state index in [9.17, 15) is 0 Å². The molecule has 1 aliphatic carbocycles. The molecule has 1 aliphatic rings. The van der Waals surface area contributed by atoms with Crippen LogP contribution in [-0.4, -0.2) is 40.0 Å². The lowest BCUT2D eigenvalue weighted by molar-refractivity contribution is 0.194. The number of benzene rings is 1. The summed E-state index contributed by atoms with van der Waals surface area (Å²) >= 11 is 0. The molecule has 0 atom stereocenters. The van der Waals surface area contributed by atoms with Gasteiger partial charge in [0.05, 0.1) is 19.8 Å². The van der Waals surface area contributed by atoms with Crippen LogP contribution in [0.25, 0.3) is 0 Å². The van der Waals surface area contributed by atoms with Crippen LogP contribution in [0.15, 0.2) is 24.3 Å². The second kappa shape index (κ2) is 8.25. The number of hydrogen-bond donors (Lipinski definition) is 1. The molecule has 0 aliphatic heterocycles. The van der Waals surface area contributed by atoms with Crippen LogP contribution < -0.4 is 14.8 Å². The van der Waals surface area contributed by atoms with E-state index in [-0.39, 0.29) is 0 Å². The minimum Gasteiger partial charge on any atom is -0.490 e. The summed E-state index contributed by atoms with van der Waals surface area (Å²) in [5.41, 5.74) is 0.439. The van der Waals surface area contributed by atoms with Gasteiger partial charge in [0.2, 0.25) is 0 Å². The van der Waals surface area contributed by atoms with Crippen molar-refractivity contribution in [2.45, 2.75) is 26.2 Å². The van der Waals surface area contributed by atoms with Gasteiger partial charge in [-0.05, 0) is 43.7 Å². The highest BCUT2D eigenvalue weighted by atomic mass is 16.5. The van der Waals surface area contributed by atoms with Gasteiger partial charge in [-0.25, -0.2) is 0 Å². The van der Waals surface area contributed by atoms with Crippen molar-refractivity contribution in [1.82, 2.24) is 5.32 Å². The monoisotopic (exact) mass is 293 g/mol. The van der Waals surface area contributed by atoms with E-state index in [1.807, 2.05) is 31.2 Å². The van der Waals surface area contributed by atoms with Gasteiger partial charge in [-0.1, -0.05) is 12.1 Å². The Bertz CT molecular complexity index is 418. The van der Waals surface area contributed by atoms with E-state index in [0.717, 1.165) is 44.2 Å². The van der Waals surface area contributed by atoms with Crippen molar-refractivity contribution in [2.24, 2.45) is 5.41 Å². The number of rotatable bonds is 11. The molecule has 0 aromatic heterocycles. The maximum atomic E-state index is 5.92. The minimum absolute atomic E-state index is 0.439. The quantitative estimate of drug-likeness (QED) is 0.637. The Balaban J connectivity index is 1.71. The second-order valence-electron chi connectivity index (χ2n) is 5.65. The van der Waals surface area contributed by atoms with Crippen molar-refractivity contribution < 1.29 is 14.2 Å². The van der Waals surface area contributed by atoms with E-state index in [4.69, 9.17) is 14.2 Å². The van der Waals surface area contributed by atoms with Crippen LogP contribution >= 0.6 is 0 Å². The Morgan fingerprint density at radius 3 is 2.43 bits per heavy atom. The van der Waals surface area contributed by atoms with Crippen LogP contribution in [0.4, 0.5) is 0 Å². The highest BCUT2D eigenvalue weighted by molar-refractivity contribution is 5.39. The van der Waals surface area contributed by atoms with Crippen LogP contribution in [0.5, 0.6) is 11.5 Å². The van der Waals surface area contributed by atoms with Crippen LogP contribution in [0, 0.1) is 5.41 Å². The Morgan fingerprint density at radius 2 is 1.81 bits per heavy atom. The molecule has 4 heteroatoms. The Labute approximate surface area is 127 Å². The van der Waals surface area contributed by atoms with Gasteiger partial charge in [-0.15, -0.1) is 0 Å². The van der Waals surface area contributed by atoms with Gasteiger partial charge in [0, 0.05) is 20.2 Å². The summed E-state index contributed by atoms with van der Waals surface area (Å²) in [5.74, 6) is 1.69. The van der Waals surface area contributed by atoms with E-state index in [1.54, 1.807) is 7.11 Å². The zero-order valence-electron chi connectivity index (χ0n) is 13.2. The fourth-order valence-corrected chi connectivity index (χ4v) is 2.44. The summed E-state index contributed by atoms with van der Waals surface area (Å²) in [5, 5.41) is 3.46. The topological polar surface area (TPSA) is 39.7 Å². The lowest BCUT2D eigenvalue weighted by atomic mass is 10.0. The maximum absolute atomic E-state index is 5.92. The predicted molar refractivity (Wildman–Crippen MR) is 84.1 cm³/mol. The molecule has 21 heavy (non-hydrogen) atoms. The molecule has 0 unspecified atom stereocenters. The number of nitrogens with one attached hydrogen (secondary N) is 1. The zero-order chi connectivity index (χ0) is 15.0. The molecule has 1 N–H and O–H groups in total. The third-order valence-electron chi connectivity index (χ3n) is 3.98. The molecule has 1 aromatic rings. The standard InChI is InChI=1S/C17H27NO3/c1-3-20-15-6-4-5-7-16(15)21-12-10-17(8-9-17)14-18-11-13-19-2/h4-7,18H,3,8-14H2,1-2H3. The highest BCUT2D eigenvalue weighted by Gasteiger charge is 2.41. The van der Waals surface area contributed by atoms with Gasteiger partial charge in [0.15, 0.2) is 11.5 Å². The van der Waals surface area contributed by atoms with E-state index in [0.29, 0.717) is 12.0 Å². The lowest BCUT2D eigenvalue weighted by Crippen LogP contribution is -2.28. The first-order chi connectivity index (χ1) is 10.3.